The van der Waals surface area contributed by atoms with E-state index in [1.807, 2.05) is 0 Å². The van der Waals surface area contributed by atoms with Crippen LogP contribution in [0.25, 0.3) is 0 Å². The number of fused-ring (bicyclic) bond motifs is 1. The summed E-state index contributed by atoms with van der Waals surface area (Å²) in [6, 6.07) is 8.36. The van der Waals surface area contributed by atoms with E-state index in [-0.39, 0.29) is 16.5 Å². The second kappa shape index (κ2) is 6.88. The summed E-state index contributed by atoms with van der Waals surface area (Å²) in [6.45, 7) is 2.01. The summed E-state index contributed by atoms with van der Waals surface area (Å²) in [5.41, 5.74) is 0.258. The van der Waals surface area contributed by atoms with Gasteiger partial charge in [0.25, 0.3) is 10.0 Å². The molecular weight excluding hydrogens is 381 g/mol. The number of benzene rings is 2. The Hall–Kier alpha value is -2.55. The van der Waals surface area contributed by atoms with Crippen LogP contribution in [-0.2, 0) is 27.4 Å². The van der Waals surface area contributed by atoms with Crippen LogP contribution in [-0.4, -0.2) is 20.9 Å². The monoisotopic (exact) mass is 398 g/mol. The SMILES string of the molecule is CC(=O)N1CCCc2cc(S(=O)(=O)Nc3cccc(C(F)(F)F)c3)ccc21. The number of alkyl halides is 3. The van der Waals surface area contributed by atoms with Gasteiger partial charge in [-0.05, 0) is 54.8 Å². The highest BCUT2D eigenvalue weighted by Gasteiger charge is 2.31. The molecule has 0 aliphatic carbocycles. The Labute approximate surface area is 154 Å². The molecular formula is C18H17F3N2O3S. The minimum absolute atomic E-state index is 0.0657. The number of hydrogen-bond donors (Lipinski definition) is 1. The smallest absolute Gasteiger partial charge is 0.312 e. The maximum absolute atomic E-state index is 12.8. The van der Waals surface area contributed by atoms with Crippen molar-refractivity contribution in [2.75, 3.05) is 16.2 Å². The van der Waals surface area contributed by atoms with Crippen molar-refractivity contribution in [2.45, 2.75) is 30.8 Å². The fraction of sp³-hybridized carbons (Fsp3) is 0.278. The molecule has 5 nitrogen and oxygen atoms in total. The predicted octanol–water partition coefficient (Wildman–Crippen LogP) is 3.81. The maximum atomic E-state index is 12.8. The molecule has 0 radical (unpaired) electrons. The van der Waals surface area contributed by atoms with E-state index in [0.717, 1.165) is 18.2 Å². The minimum Gasteiger partial charge on any atom is -0.312 e. The van der Waals surface area contributed by atoms with Crippen molar-refractivity contribution in [2.24, 2.45) is 0 Å². The second-order valence-electron chi connectivity index (χ2n) is 6.25. The lowest BCUT2D eigenvalue weighted by Crippen LogP contribution is -2.33. The van der Waals surface area contributed by atoms with Crippen LogP contribution < -0.4 is 9.62 Å². The molecule has 0 atom stereocenters. The number of nitrogens with zero attached hydrogens (tertiary/aromatic N) is 1. The van der Waals surface area contributed by atoms with Gasteiger partial charge in [0.15, 0.2) is 0 Å². The zero-order valence-electron chi connectivity index (χ0n) is 14.4. The normalized spacial score (nSPS) is 14.6. The van der Waals surface area contributed by atoms with E-state index in [2.05, 4.69) is 4.72 Å². The predicted molar refractivity (Wildman–Crippen MR) is 95.0 cm³/mol. The minimum atomic E-state index is -4.57. The van der Waals surface area contributed by atoms with E-state index in [9.17, 15) is 26.4 Å². The van der Waals surface area contributed by atoms with Crippen molar-refractivity contribution in [3.63, 3.8) is 0 Å². The van der Waals surface area contributed by atoms with E-state index >= 15 is 0 Å². The number of anilines is 2. The lowest BCUT2D eigenvalue weighted by molar-refractivity contribution is -0.137. The summed E-state index contributed by atoms with van der Waals surface area (Å²) < 4.78 is 65.8. The number of carbonyl (C=O) groups excluding carboxylic acids is 1. The van der Waals surface area contributed by atoms with Crippen LogP contribution in [0.1, 0.15) is 24.5 Å². The van der Waals surface area contributed by atoms with Gasteiger partial charge < -0.3 is 4.90 Å². The molecule has 0 spiro atoms. The largest absolute Gasteiger partial charge is 0.416 e. The van der Waals surface area contributed by atoms with E-state index in [1.54, 1.807) is 11.0 Å². The molecule has 0 saturated carbocycles. The molecule has 0 fully saturated rings. The van der Waals surface area contributed by atoms with Gasteiger partial charge in [0.1, 0.15) is 0 Å². The van der Waals surface area contributed by atoms with Gasteiger partial charge >= 0.3 is 6.18 Å². The summed E-state index contributed by atoms with van der Waals surface area (Å²) >= 11 is 0. The second-order valence-corrected chi connectivity index (χ2v) is 7.93. The molecule has 0 saturated heterocycles. The molecule has 1 N–H and O–H groups in total. The fourth-order valence-corrected chi connectivity index (χ4v) is 4.14. The van der Waals surface area contributed by atoms with Crippen molar-refractivity contribution in [3.05, 3.63) is 53.6 Å². The molecule has 3 rings (SSSR count). The third-order valence-electron chi connectivity index (χ3n) is 4.30. The van der Waals surface area contributed by atoms with Crippen molar-refractivity contribution in [3.8, 4) is 0 Å². The zero-order chi connectivity index (χ0) is 19.8. The number of sulfonamides is 1. The highest BCUT2D eigenvalue weighted by atomic mass is 32.2. The third-order valence-corrected chi connectivity index (χ3v) is 5.68. The summed E-state index contributed by atoms with van der Waals surface area (Å²) in [4.78, 5) is 13.2. The Balaban J connectivity index is 1.91. The topological polar surface area (TPSA) is 66.5 Å². The van der Waals surface area contributed by atoms with Gasteiger partial charge in [-0.2, -0.15) is 13.2 Å². The van der Waals surface area contributed by atoms with Crippen molar-refractivity contribution in [1.29, 1.82) is 0 Å². The van der Waals surface area contributed by atoms with Crippen LogP contribution in [0.2, 0.25) is 0 Å². The number of hydrogen-bond acceptors (Lipinski definition) is 3. The molecule has 0 unspecified atom stereocenters. The molecule has 1 amide bonds. The van der Waals surface area contributed by atoms with Crippen molar-refractivity contribution < 1.29 is 26.4 Å². The zero-order valence-corrected chi connectivity index (χ0v) is 15.2. The first kappa shape index (κ1) is 19.2. The number of aryl methyl sites for hydroxylation is 1. The molecule has 27 heavy (non-hydrogen) atoms. The standard InChI is InChI=1S/C18H17F3N2O3S/c1-12(24)23-9-3-4-13-10-16(7-8-17(13)23)27(25,26)22-15-6-2-5-14(11-15)18(19,20)21/h2,5-8,10-11,22H,3-4,9H2,1H3. The molecule has 0 bridgehead atoms. The number of rotatable bonds is 3. The first-order valence-corrected chi connectivity index (χ1v) is 9.67. The Bertz CT molecular complexity index is 988. The molecule has 1 aliphatic heterocycles. The van der Waals surface area contributed by atoms with Gasteiger partial charge in [-0.3, -0.25) is 9.52 Å². The van der Waals surface area contributed by atoms with Crippen LogP contribution >= 0.6 is 0 Å². The Morgan fingerprint density at radius 3 is 2.56 bits per heavy atom. The van der Waals surface area contributed by atoms with Crippen LogP contribution in [0.5, 0.6) is 0 Å². The summed E-state index contributed by atoms with van der Waals surface area (Å²) in [7, 11) is -4.07. The van der Waals surface area contributed by atoms with Crippen LogP contribution in [0.4, 0.5) is 24.5 Å². The quantitative estimate of drug-likeness (QED) is 0.855. The fourth-order valence-electron chi connectivity index (χ4n) is 3.04. The first-order valence-electron chi connectivity index (χ1n) is 8.19. The average Bonchev–Trinajstić information content (AvgIpc) is 2.59. The molecule has 1 heterocycles. The van der Waals surface area contributed by atoms with E-state index in [0.29, 0.717) is 30.6 Å². The summed E-state index contributed by atoms with van der Waals surface area (Å²) in [6.07, 6.45) is -3.24. The number of halogens is 3. The van der Waals surface area contributed by atoms with E-state index < -0.39 is 21.8 Å². The Kier molecular flexibility index (Phi) is 4.90. The molecule has 2 aromatic carbocycles. The van der Waals surface area contributed by atoms with E-state index in [4.69, 9.17) is 0 Å². The molecule has 144 valence electrons. The van der Waals surface area contributed by atoms with Gasteiger partial charge in [0, 0.05) is 24.8 Å². The van der Waals surface area contributed by atoms with E-state index in [1.165, 1.54) is 25.1 Å². The van der Waals surface area contributed by atoms with Gasteiger partial charge in [-0.1, -0.05) is 6.07 Å². The molecule has 2 aromatic rings. The highest BCUT2D eigenvalue weighted by molar-refractivity contribution is 7.92. The van der Waals surface area contributed by atoms with Crippen LogP contribution in [0, 0.1) is 0 Å². The molecule has 0 aromatic heterocycles. The Morgan fingerprint density at radius 1 is 1.15 bits per heavy atom. The third kappa shape index (κ3) is 4.08. The maximum Gasteiger partial charge on any atom is 0.416 e. The van der Waals surface area contributed by atoms with Crippen LogP contribution in [0.3, 0.4) is 0 Å². The first-order chi connectivity index (χ1) is 12.6. The Morgan fingerprint density at radius 2 is 1.89 bits per heavy atom. The van der Waals surface area contributed by atoms with Crippen LogP contribution in [0.15, 0.2) is 47.4 Å². The van der Waals surface area contributed by atoms with Gasteiger partial charge in [-0.15, -0.1) is 0 Å². The van der Waals surface area contributed by atoms with Gasteiger partial charge in [-0.25, -0.2) is 8.42 Å². The lowest BCUT2D eigenvalue weighted by Gasteiger charge is -2.28. The average molecular weight is 398 g/mol. The number of nitrogens with one attached hydrogen (secondary N) is 1. The van der Waals surface area contributed by atoms with Crippen molar-refractivity contribution >= 4 is 27.3 Å². The highest BCUT2D eigenvalue weighted by Crippen LogP contribution is 2.32. The summed E-state index contributed by atoms with van der Waals surface area (Å²) in [5.74, 6) is -0.131. The lowest BCUT2D eigenvalue weighted by atomic mass is 10.0. The van der Waals surface area contributed by atoms with Gasteiger partial charge in [0.05, 0.1) is 10.5 Å². The van der Waals surface area contributed by atoms with Gasteiger partial charge in [0.2, 0.25) is 5.91 Å². The number of amides is 1. The summed E-state index contributed by atoms with van der Waals surface area (Å²) in [5, 5.41) is 0. The molecule has 9 heteroatoms. The van der Waals surface area contributed by atoms with Crippen molar-refractivity contribution in [1.82, 2.24) is 0 Å². The number of carbonyl (C=O) groups is 1. The molecule has 1 aliphatic rings.